The first-order chi connectivity index (χ1) is 12.7. The Morgan fingerprint density at radius 3 is 2.41 bits per heavy atom. The molecule has 0 spiro atoms. The predicted molar refractivity (Wildman–Crippen MR) is 88.3 cm³/mol. The van der Waals surface area contributed by atoms with Gasteiger partial charge in [0.25, 0.3) is 0 Å². The lowest BCUT2D eigenvalue weighted by Gasteiger charge is -2.18. The van der Waals surface area contributed by atoms with Crippen LogP contribution in [0.4, 0.5) is 18.0 Å². The monoisotopic (exact) mass is 390 g/mol. The quantitative estimate of drug-likeness (QED) is 0.697. The van der Waals surface area contributed by atoms with E-state index in [9.17, 15) is 22.8 Å². The maximum absolute atomic E-state index is 13.0. The molecule has 0 bridgehead atoms. The van der Waals surface area contributed by atoms with Crippen molar-refractivity contribution in [2.45, 2.75) is 12.7 Å². The van der Waals surface area contributed by atoms with Crippen molar-refractivity contribution < 1.29 is 37.3 Å². The van der Waals surface area contributed by atoms with Gasteiger partial charge in [0.2, 0.25) is 0 Å². The van der Waals surface area contributed by atoms with Gasteiger partial charge in [-0.2, -0.15) is 13.2 Å². The molecule has 0 saturated carbocycles. The summed E-state index contributed by atoms with van der Waals surface area (Å²) in [5, 5.41) is 11.5. The van der Waals surface area contributed by atoms with E-state index in [4.69, 9.17) is 14.6 Å². The number of urea groups is 1. The Bertz CT molecular complexity index is 651. The second kappa shape index (κ2) is 8.94. The number of likely N-dealkylation sites (tertiary alicyclic amines) is 1. The average molecular weight is 390 g/mol. The summed E-state index contributed by atoms with van der Waals surface area (Å²) in [6.45, 7) is -0.200. The summed E-state index contributed by atoms with van der Waals surface area (Å²) in [5.41, 5.74) is 0.726. The summed E-state index contributed by atoms with van der Waals surface area (Å²) in [6, 6.07) is 6.10. The van der Waals surface area contributed by atoms with Crippen LogP contribution in [0, 0.1) is 11.8 Å². The Kier molecular flexibility index (Phi) is 6.89. The first-order valence-corrected chi connectivity index (χ1v) is 8.25. The molecule has 2 amide bonds. The molecule has 0 aromatic heterocycles. The third kappa shape index (κ3) is 5.75. The molecule has 0 aliphatic carbocycles. The van der Waals surface area contributed by atoms with Crippen LogP contribution in [0.15, 0.2) is 24.3 Å². The van der Waals surface area contributed by atoms with Gasteiger partial charge >= 0.3 is 18.2 Å². The number of ether oxygens (including phenoxy) is 2. The molecule has 2 N–H and O–H groups in total. The fraction of sp³-hybridized carbons (Fsp3) is 0.529. The molecular weight excluding hydrogens is 369 g/mol. The highest BCUT2D eigenvalue weighted by Gasteiger charge is 2.53. The molecule has 0 radical (unpaired) electrons. The summed E-state index contributed by atoms with van der Waals surface area (Å²) in [4.78, 5) is 24.1. The van der Waals surface area contributed by atoms with Gasteiger partial charge < -0.3 is 24.8 Å². The van der Waals surface area contributed by atoms with Gasteiger partial charge in [-0.25, -0.2) is 4.79 Å². The van der Waals surface area contributed by atoms with Gasteiger partial charge in [-0.15, -0.1) is 0 Å². The van der Waals surface area contributed by atoms with Crippen molar-refractivity contribution in [3.8, 4) is 5.75 Å². The van der Waals surface area contributed by atoms with E-state index in [-0.39, 0.29) is 6.54 Å². The highest BCUT2D eigenvalue weighted by atomic mass is 19.4. The molecule has 1 fully saturated rings. The minimum absolute atomic E-state index is 0.0993. The molecule has 1 aliphatic heterocycles. The fourth-order valence-electron chi connectivity index (χ4n) is 2.79. The van der Waals surface area contributed by atoms with Crippen LogP contribution in [0.1, 0.15) is 5.56 Å². The van der Waals surface area contributed by atoms with Crippen LogP contribution in [-0.4, -0.2) is 61.6 Å². The van der Waals surface area contributed by atoms with Crippen LogP contribution >= 0.6 is 0 Å². The van der Waals surface area contributed by atoms with E-state index in [1.807, 2.05) is 0 Å². The number of nitrogens with zero attached hydrogens (tertiary/aromatic N) is 1. The summed E-state index contributed by atoms with van der Waals surface area (Å²) in [7, 11) is 1.56. The minimum Gasteiger partial charge on any atom is -0.491 e. The molecule has 1 aromatic rings. The van der Waals surface area contributed by atoms with Crippen molar-refractivity contribution in [3.63, 3.8) is 0 Å². The first kappa shape index (κ1) is 20.8. The molecule has 1 aromatic carbocycles. The Labute approximate surface area is 154 Å². The largest absolute Gasteiger partial charge is 0.491 e. The molecule has 27 heavy (non-hydrogen) atoms. The number of carboxylic acid groups (broad SMARTS) is 1. The fourth-order valence-corrected chi connectivity index (χ4v) is 2.79. The van der Waals surface area contributed by atoms with Gasteiger partial charge in [0, 0.05) is 26.7 Å². The molecule has 10 heteroatoms. The van der Waals surface area contributed by atoms with Gasteiger partial charge in [0.05, 0.1) is 18.4 Å². The highest BCUT2D eigenvalue weighted by molar-refractivity contribution is 5.77. The van der Waals surface area contributed by atoms with Crippen molar-refractivity contribution in [1.82, 2.24) is 10.2 Å². The molecule has 0 unspecified atom stereocenters. The van der Waals surface area contributed by atoms with Gasteiger partial charge in [0.1, 0.15) is 12.4 Å². The van der Waals surface area contributed by atoms with E-state index in [1.54, 1.807) is 31.4 Å². The topological polar surface area (TPSA) is 88.1 Å². The van der Waals surface area contributed by atoms with E-state index >= 15 is 0 Å². The van der Waals surface area contributed by atoms with Crippen LogP contribution in [0.25, 0.3) is 0 Å². The smallest absolute Gasteiger partial charge is 0.394 e. The minimum atomic E-state index is -4.67. The zero-order valence-corrected chi connectivity index (χ0v) is 14.7. The van der Waals surface area contributed by atoms with Crippen LogP contribution < -0.4 is 10.1 Å². The van der Waals surface area contributed by atoms with Crippen LogP contribution in [0.2, 0.25) is 0 Å². The lowest BCUT2D eigenvalue weighted by molar-refractivity contribution is -0.187. The number of hydrogen-bond acceptors (Lipinski definition) is 4. The number of rotatable bonds is 7. The second-order valence-electron chi connectivity index (χ2n) is 6.14. The van der Waals surface area contributed by atoms with Crippen LogP contribution in [0.5, 0.6) is 5.75 Å². The van der Waals surface area contributed by atoms with Crippen molar-refractivity contribution in [2.24, 2.45) is 11.8 Å². The van der Waals surface area contributed by atoms with Gasteiger partial charge in [-0.3, -0.25) is 4.79 Å². The number of benzene rings is 1. The van der Waals surface area contributed by atoms with Crippen LogP contribution in [-0.2, 0) is 16.1 Å². The number of nitrogens with one attached hydrogen (secondary N) is 1. The lowest BCUT2D eigenvalue weighted by atomic mass is 9.96. The number of alkyl halides is 3. The van der Waals surface area contributed by atoms with Crippen molar-refractivity contribution in [3.05, 3.63) is 29.8 Å². The Morgan fingerprint density at radius 2 is 1.89 bits per heavy atom. The highest BCUT2D eigenvalue weighted by Crippen LogP contribution is 2.37. The number of amides is 2. The van der Waals surface area contributed by atoms with Crippen molar-refractivity contribution in [1.29, 1.82) is 0 Å². The summed E-state index contributed by atoms with van der Waals surface area (Å²) in [6.07, 6.45) is -4.67. The number of carboxylic acids is 1. The predicted octanol–water partition coefficient (Wildman–Crippen LogP) is 2.12. The number of carbonyl (C=O) groups is 2. The second-order valence-corrected chi connectivity index (χ2v) is 6.14. The zero-order valence-electron chi connectivity index (χ0n) is 14.7. The first-order valence-electron chi connectivity index (χ1n) is 8.25. The van der Waals surface area contributed by atoms with E-state index in [2.05, 4.69) is 5.32 Å². The normalized spacial score (nSPS) is 19.8. The van der Waals surface area contributed by atoms with Gasteiger partial charge in [-0.1, -0.05) is 12.1 Å². The van der Waals surface area contributed by atoms with E-state index in [1.165, 1.54) is 0 Å². The maximum Gasteiger partial charge on any atom is 0.394 e. The summed E-state index contributed by atoms with van der Waals surface area (Å²) >= 11 is 0. The SMILES string of the molecule is COCCOc1ccc(CNC(=O)N2C[C@@H](C(F)(F)F)[C@H](C(=O)O)C2)cc1. The Balaban J connectivity index is 1.87. The van der Waals surface area contributed by atoms with Gasteiger partial charge in [-0.05, 0) is 17.7 Å². The summed E-state index contributed by atoms with van der Waals surface area (Å²) < 4.78 is 49.2. The number of carbonyl (C=O) groups excluding carboxylic acids is 1. The molecule has 150 valence electrons. The summed E-state index contributed by atoms with van der Waals surface area (Å²) in [5.74, 6) is -4.65. The molecule has 7 nitrogen and oxygen atoms in total. The molecule has 1 aliphatic rings. The lowest BCUT2D eigenvalue weighted by Crippen LogP contribution is -2.39. The van der Waals surface area contributed by atoms with Crippen molar-refractivity contribution >= 4 is 12.0 Å². The average Bonchev–Trinajstić information content (AvgIpc) is 3.07. The Morgan fingerprint density at radius 1 is 1.22 bits per heavy atom. The number of halogens is 3. The standard InChI is InChI=1S/C17H21F3N2O5/c1-26-6-7-27-12-4-2-11(3-5-12)8-21-16(25)22-9-13(15(23)24)14(10-22)17(18,19)20/h2-5,13-14H,6-10H2,1H3,(H,21,25)(H,23,24)/t13-,14-/m1/s1. The molecule has 1 heterocycles. The number of hydrogen-bond donors (Lipinski definition) is 2. The van der Waals surface area contributed by atoms with E-state index < -0.39 is 43.1 Å². The van der Waals surface area contributed by atoms with E-state index in [0.29, 0.717) is 19.0 Å². The number of methoxy groups -OCH3 is 1. The molecule has 2 atom stereocenters. The van der Waals surface area contributed by atoms with Gasteiger partial charge in [0.15, 0.2) is 0 Å². The third-order valence-corrected chi connectivity index (χ3v) is 4.27. The number of aliphatic carboxylic acids is 1. The molecule has 2 rings (SSSR count). The third-order valence-electron chi connectivity index (χ3n) is 4.27. The van der Waals surface area contributed by atoms with Crippen LogP contribution in [0.3, 0.4) is 0 Å². The molecule has 1 saturated heterocycles. The van der Waals surface area contributed by atoms with Crippen molar-refractivity contribution in [2.75, 3.05) is 33.4 Å². The van der Waals surface area contributed by atoms with E-state index in [0.717, 1.165) is 10.5 Å². The maximum atomic E-state index is 13.0. The Hall–Kier alpha value is -2.49. The zero-order chi connectivity index (χ0) is 20.0. The molecular formula is C17H21F3N2O5.